The van der Waals surface area contributed by atoms with Gasteiger partial charge in [-0.1, -0.05) is 29.8 Å². The van der Waals surface area contributed by atoms with Gasteiger partial charge in [-0.05, 0) is 19.1 Å². The lowest BCUT2D eigenvalue weighted by atomic mass is 10.3. The standard InChI is InChI=1S/C14H16ClN3O2/c1-10(14(19)17(2)3)20-13-12(15)9-18(16-13)11-7-5-4-6-8-11/h4-10H,1-3H3. The molecule has 0 radical (unpaired) electrons. The van der Waals surface area contributed by atoms with Gasteiger partial charge in [0.25, 0.3) is 11.8 Å². The Morgan fingerprint density at radius 2 is 2.00 bits per heavy atom. The molecule has 20 heavy (non-hydrogen) atoms. The molecule has 1 unspecified atom stereocenters. The maximum Gasteiger partial charge on any atom is 0.262 e. The largest absolute Gasteiger partial charge is 0.462 e. The Labute approximate surface area is 122 Å². The summed E-state index contributed by atoms with van der Waals surface area (Å²) in [5.74, 6) is 0.105. The lowest BCUT2D eigenvalue weighted by Crippen LogP contribution is -2.35. The molecule has 0 N–H and O–H groups in total. The first kappa shape index (κ1) is 14.4. The molecule has 0 saturated heterocycles. The predicted molar refractivity (Wildman–Crippen MR) is 77.4 cm³/mol. The summed E-state index contributed by atoms with van der Waals surface area (Å²) < 4.78 is 7.13. The zero-order valence-electron chi connectivity index (χ0n) is 11.6. The summed E-state index contributed by atoms with van der Waals surface area (Å²) in [6.07, 6.45) is 1.01. The van der Waals surface area contributed by atoms with E-state index in [4.69, 9.17) is 16.3 Å². The SMILES string of the molecule is CC(Oc1nn(-c2ccccc2)cc1Cl)C(=O)N(C)C. The fraction of sp³-hybridized carbons (Fsp3) is 0.286. The van der Waals surface area contributed by atoms with Gasteiger partial charge in [-0.2, -0.15) is 0 Å². The van der Waals surface area contributed by atoms with E-state index in [1.54, 1.807) is 31.9 Å². The maximum atomic E-state index is 11.8. The smallest absolute Gasteiger partial charge is 0.262 e. The van der Waals surface area contributed by atoms with Crippen molar-refractivity contribution in [3.63, 3.8) is 0 Å². The molecule has 0 bridgehead atoms. The number of likely N-dealkylation sites (N-methyl/N-ethyl adjacent to an activating group) is 1. The fourth-order valence-corrected chi connectivity index (χ4v) is 1.89. The number of benzene rings is 1. The van der Waals surface area contributed by atoms with Gasteiger partial charge in [0, 0.05) is 14.1 Å². The average Bonchev–Trinajstić information content (AvgIpc) is 2.80. The number of carbonyl (C=O) groups is 1. The second-order valence-corrected chi connectivity index (χ2v) is 4.96. The second-order valence-electron chi connectivity index (χ2n) is 4.56. The molecular formula is C14H16ClN3O2. The van der Waals surface area contributed by atoms with Gasteiger partial charge in [-0.15, -0.1) is 5.10 Å². The zero-order chi connectivity index (χ0) is 14.7. The van der Waals surface area contributed by atoms with Crippen LogP contribution in [0.5, 0.6) is 5.88 Å². The number of rotatable bonds is 4. The summed E-state index contributed by atoms with van der Waals surface area (Å²) in [5.41, 5.74) is 0.871. The van der Waals surface area contributed by atoms with Crippen LogP contribution in [0, 0.1) is 0 Å². The number of ether oxygens (including phenoxy) is 1. The topological polar surface area (TPSA) is 47.4 Å². The number of hydrogen-bond donors (Lipinski definition) is 0. The highest BCUT2D eigenvalue weighted by molar-refractivity contribution is 6.31. The Kier molecular flexibility index (Phi) is 4.29. The Bertz CT molecular complexity index is 596. The molecule has 1 amide bonds. The van der Waals surface area contributed by atoms with Crippen molar-refractivity contribution in [2.45, 2.75) is 13.0 Å². The Hall–Kier alpha value is -2.01. The minimum absolute atomic E-state index is 0.143. The summed E-state index contributed by atoms with van der Waals surface area (Å²) in [4.78, 5) is 13.2. The Morgan fingerprint density at radius 3 is 2.60 bits per heavy atom. The molecule has 5 nitrogen and oxygen atoms in total. The lowest BCUT2D eigenvalue weighted by Gasteiger charge is -2.16. The van der Waals surface area contributed by atoms with E-state index in [0.717, 1.165) is 5.69 Å². The zero-order valence-corrected chi connectivity index (χ0v) is 12.3. The van der Waals surface area contributed by atoms with Crippen molar-refractivity contribution in [2.24, 2.45) is 0 Å². The molecule has 2 rings (SSSR count). The maximum absolute atomic E-state index is 11.8. The molecule has 6 heteroatoms. The third-order valence-corrected chi connectivity index (χ3v) is 3.00. The quantitative estimate of drug-likeness (QED) is 0.869. The van der Waals surface area contributed by atoms with Gasteiger partial charge in [0.15, 0.2) is 6.10 Å². The molecule has 1 aromatic carbocycles. The van der Waals surface area contributed by atoms with Crippen LogP contribution >= 0.6 is 11.6 Å². The first-order valence-electron chi connectivity index (χ1n) is 6.17. The number of halogens is 1. The normalized spacial score (nSPS) is 12.0. The number of aromatic nitrogens is 2. The summed E-state index contributed by atoms with van der Waals surface area (Å²) in [6.45, 7) is 1.67. The first-order valence-corrected chi connectivity index (χ1v) is 6.55. The molecule has 0 aliphatic rings. The number of amides is 1. The molecular weight excluding hydrogens is 278 g/mol. The first-order chi connectivity index (χ1) is 9.49. The molecule has 0 fully saturated rings. The second kappa shape index (κ2) is 5.96. The summed E-state index contributed by atoms with van der Waals surface area (Å²) >= 11 is 6.09. The molecule has 106 valence electrons. The molecule has 2 aromatic rings. The molecule has 0 aliphatic carbocycles. The molecule has 0 spiro atoms. The van der Waals surface area contributed by atoms with Crippen LogP contribution < -0.4 is 4.74 Å². The average molecular weight is 294 g/mol. The monoisotopic (exact) mass is 293 g/mol. The summed E-state index contributed by atoms with van der Waals surface area (Å²) in [5, 5.41) is 4.62. The van der Waals surface area contributed by atoms with Crippen molar-refractivity contribution in [3.05, 3.63) is 41.6 Å². The van der Waals surface area contributed by atoms with Crippen molar-refractivity contribution in [3.8, 4) is 11.6 Å². The van der Waals surface area contributed by atoms with Gasteiger partial charge in [0.1, 0.15) is 5.02 Å². The molecule has 0 saturated carbocycles. The van der Waals surface area contributed by atoms with Gasteiger partial charge in [0.2, 0.25) is 0 Å². The van der Waals surface area contributed by atoms with E-state index in [1.165, 1.54) is 4.90 Å². The van der Waals surface area contributed by atoms with E-state index < -0.39 is 6.10 Å². The van der Waals surface area contributed by atoms with Crippen LogP contribution in [0.15, 0.2) is 36.5 Å². The molecule has 1 heterocycles. The van der Waals surface area contributed by atoms with E-state index in [1.807, 2.05) is 30.3 Å². The van der Waals surface area contributed by atoms with Crippen LogP contribution in [0.4, 0.5) is 0 Å². The minimum atomic E-state index is -0.637. The Balaban J connectivity index is 2.18. The minimum Gasteiger partial charge on any atom is -0.462 e. The van der Waals surface area contributed by atoms with Gasteiger partial charge >= 0.3 is 0 Å². The predicted octanol–water partition coefficient (Wildman–Crippen LogP) is 2.38. The van der Waals surface area contributed by atoms with Crippen molar-refractivity contribution in [1.29, 1.82) is 0 Å². The third kappa shape index (κ3) is 3.11. The van der Waals surface area contributed by atoms with Crippen molar-refractivity contribution in [1.82, 2.24) is 14.7 Å². The van der Waals surface area contributed by atoms with E-state index in [2.05, 4.69) is 5.10 Å². The summed E-state index contributed by atoms with van der Waals surface area (Å²) in [7, 11) is 3.35. The van der Waals surface area contributed by atoms with Crippen LogP contribution in [0.3, 0.4) is 0 Å². The van der Waals surface area contributed by atoms with Gasteiger partial charge in [-0.25, -0.2) is 4.68 Å². The Morgan fingerprint density at radius 1 is 1.35 bits per heavy atom. The van der Waals surface area contributed by atoms with E-state index in [9.17, 15) is 4.79 Å². The van der Waals surface area contributed by atoms with E-state index in [0.29, 0.717) is 5.02 Å². The van der Waals surface area contributed by atoms with Crippen LogP contribution in [0.1, 0.15) is 6.92 Å². The lowest BCUT2D eigenvalue weighted by molar-refractivity contribution is -0.135. The van der Waals surface area contributed by atoms with Crippen LogP contribution in [0.2, 0.25) is 5.02 Å². The number of carbonyl (C=O) groups excluding carboxylic acids is 1. The highest BCUT2D eigenvalue weighted by Crippen LogP contribution is 2.25. The van der Waals surface area contributed by atoms with Crippen LogP contribution in [-0.4, -0.2) is 40.8 Å². The van der Waals surface area contributed by atoms with Gasteiger partial charge in [0.05, 0.1) is 11.9 Å². The van der Waals surface area contributed by atoms with Crippen LogP contribution in [0.25, 0.3) is 5.69 Å². The highest BCUT2D eigenvalue weighted by atomic mass is 35.5. The van der Waals surface area contributed by atoms with Gasteiger partial charge < -0.3 is 9.64 Å². The van der Waals surface area contributed by atoms with E-state index in [-0.39, 0.29) is 11.8 Å². The number of para-hydroxylation sites is 1. The number of nitrogens with zero attached hydrogens (tertiary/aromatic N) is 3. The van der Waals surface area contributed by atoms with Crippen molar-refractivity contribution < 1.29 is 9.53 Å². The van der Waals surface area contributed by atoms with Crippen molar-refractivity contribution >= 4 is 17.5 Å². The van der Waals surface area contributed by atoms with Crippen LogP contribution in [-0.2, 0) is 4.79 Å². The van der Waals surface area contributed by atoms with Crippen molar-refractivity contribution in [2.75, 3.05) is 14.1 Å². The molecule has 0 aliphatic heterocycles. The summed E-state index contributed by atoms with van der Waals surface area (Å²) in [6, 6.07) is 9.54. The third-order valence-electron chi connectivity index (χ3n) is 2.74. The molecule has 1 aromatic heterocycles. The van der Waals surface area contributed by atoms with Gasteiger partial charge in [-0.3, -0.25) is 4.79 Å². The highest BCUT2D eigenvalue weighted by Gasteiger charge is 2.20. The molecule has 1 atom stereocenters. The number of hydrogen-bond acceptors (Lipinski definition) is 3. The van der Waals surface area contributed by atoms with E-state index >= 15 is 0 Å². The fourth-order valence-electron chi connectivity index (χ4n) is 1.71.